The van der Waals surface area contributed by atoms with Gasteiger partial charge in [-0.25, -0.2) is 0 Å². The number of hydrogen-bond donors (Lipinski definition) is 2. The summed E-state index contributed by atoms with van der Waals surface area (Å²) in [6.07, 6.45) is -0.466. The van der Waals surface area contributed by atoms with Gasteiger partial charge in [-0.3, -0.25) is 0 Å². The van der Waals surface area contributed by atoms with Crippen LogP contribution in [-0.4, -0.2) is 10.9 Å². The van der Waals surface area contributed by atoms with Crippen molar-refractivity contribution in [3.63, 3.8) is 0 Å². The van der Waals surface area contributed by atoms with Gasteiger partial charge in [-0.2, -0.15) is 0 Å². The Balaban J connectivity index is 1.98. The van der Waals surface area contributed by atoms with Gasteiger partial charge < -0.3 is 10.8 Å². The minimum absolute atomic E-state index is 0.466. The van der Waals surface area contributed by atoms with Crippen molar-refractivity contribution in [1.29, 1.82) is 0 Å². The molecule has 2 aromatic rings. The van der Waals surface area contributed by atoms with E-state index in [1.54, 1.807) is 11.8 Å². The molecule has 100 valence electrons. The summed E-state index contributed by atoms with van der Waals surface area (Å²) in [7, 11) is 0. The Morgan fingerprint density at radius 1 is 1.05 bits per heavy atom. The summed E-state index contributed by atoms with van der Waals surface area (Å²) < 4.78 is 0. The molecule has 2 nitrogen and oxygen atoms in total. The fraction of sp³-hybridized carbons (Fsp3) is 0.250. The summed E-state index contributed by atoms with van der Waals surface area (Å²) in [6, 6.07) is 13.8. The number of thioether (sulfide) groups is 1. The molecule has 0 heterocycles. The average molecular weight is 273 g/mol. The lowest BCUT2D eigenvalue weighted by molar-refractivity contribution is 0.204. The summed E-state index contributed by atoms with van der Waals surface area (Å²) in [5, 5.41) is 10.1. The third-order valence-electron chi connectivity index (χ3n) is 3.21. The molecule has 0 bridgehead atoms. The van der Waals surface area contributed by atoms with Crippen LogP contribution in [-0.2, 0) is 0 Å². The number of benzene rings is 2. The zero-order chi connectivity index (χ0) is 13.8. The Morgan fingerprint density at radius 3 is 2.37 bits per heavy atom. The fourth-order valence-corrected chi connectivity index (χ4v) is 2.76. The standard InChI is InChI=1S/C16H19NOS/c1-11-3-8-15(9-12(11)2)19-10-16(18)13-4-6-14(17)7-5-13/h3-9,16,18H,10,17H2,1-2H3. The molecule has 0 saturated carbocycles. The molecule has 0 aliphatic heterocycles. The number of hydrogen-bond acceptors (Lipinski definition) is 3. The summed E-state index contributed by atoms with van der Waals surface area (Å²) in [6.45, 7) is 4.21. The van der Waals surface area contributed by atoms with Gasteiger partial charge in [0.2, 0.25) is 0 Å². The summed E-state index contributed by atoms with van der Waals surface area (Å²) in [5.74, 6) is 0.645. The first kappa shape index (κ1) is 14.0. The van der Waals surface area contributed by atoms with Crippen molar-refractivity contribution in [2.45, 2.75) is 24.8 Å². The number of aliphatic hydroxyl groups is 1. The molecule has 0 radical (unpaired) electrons. The van der Waals surface area contributed by atoms with E-state index in [1.807, 2.05) is 24.3 Å². The lowest BCUT2D eigenvalue weighted by Gasteiger charge is -2.11. The number of aryl methyl sites for hydroxylation is 2. The van der Waals surface area contributed by atoms with Gasteiger partial charge in [-0.15, -0.1) is 11.8 Å². The van der Waals surface area contributed by atoms with Crippen LogP contribution in [0.2, 0.25) is 0 Å². The molecule has 3 N–H and O–H groups in total. The molecule has 1 unspecified atom stereocenters. The van der Waals surface area contributed by atoms with Crippen LogP contribution in [0.25, 0.3) is 0 Å². The van der Waals surface area contributed by atoms with Crippen LogP contribution in [0.4, 0.5) is 5.69 Å². The molecule has 0 amide bonds. The van der Waals surface area contributed by atoms with Crippen molar-refractivity contribution >= 4 is 17.4 Å². The molecule has 0 fully saturated rings. The van der Waals surface area contributed by atoms with Crippen LogP contribution in [0.15, 0.2) is 47.4 Å². The zero-order valence-electron chi connectivity index (χ0n) is 11.3. The van der Waals surface area contributed by atoms with E-state index < -0.39 is 6.10 Å². The minimum Gasteiger partial charge on any atom is -0.399 e. The zero-order valence-corrected chi connectivity index (χ0v) is 12.1. The van der Waals surface area contributed by atoms with E-state index in [0.717, 1.165) is 11.3 Å². The van der Waals surface area contributed by atoms with Gasteiger partial charge in [-0.1, -0.05) is 18.2 Å². The number of rotatable bonds is 4. The molecule has 2 aromatic carbocycles. The SMILES string of the molecule is Cc1ccc(SCC(O)c2ccc(N)cc2)cc1C. The van der Waals surface area contributed by atoms with E-state index in [1.165, 1.54) is 16.0 Å². The number of nitrogen functional groups attached to an aromatic ring is 1. The van der Waals surface area contributed by atoms with Gasteiger partial charge >= 0.3 is 0 Å². The Kier molecular flexibility index (Phi) is 4.51. The predicted molar refractivity (Wildman–Crippen MR) is 82.5 cm³/mol. The summed E-state index contributed by atoms with van der Waals surface area (Å²) >= 11 is 1.67. The smallest absolute Gasteiger partial charge is 0.0883 e. The lowest BCUT2D eigenvalue weighted by atomic mass is 10.1. The topological polar surface area (TPSA) is 46.2 Å². The summed E-state index contributed by atoms with van der Waals surface area (Å²) in [5.41, 5.74) is 9.84. The van der Waals surface area contributed by atoms with E-state index in [2.05, 4.69) is 32.0 Å². The van der Waals surface area contributed by atoms with Gasteiger partial charge in [0, 0.05) is 16.3 Å². The Hall–Kier alpha value is -1.45. The largest absolute Gasteiger partial charge is 0.399 e. The van der Waals surface area contributed by atoms with Gasteiger partial charge in [0.25, 0.3) is 0 Å². The molecule has 2 rings (SSSR count). The molecule has 3 heteroatoms. The molecule has 19 heavy (non-hydrogen) atoms. The first-order valence-electron chi connectivity index (χ1n) is 6.30. The number of anilines is 1. The first-order chi connectivity index (χ1) is 9.06. The van der Waals surface area contributed by atoms with Gasteiger partial charge in [0.1, 0.15) is 0 Å². The highest BCUT2D eigenvalue weighted by Crippen LogP contribution is 2.26. The van der Waals surface area contributed by atoms with Crippen LogP contribution < -0.4 is 5.73 Å². The Bertz CT molecular complexity index is 551. The second-order valence-corrected chi connectivity index (χ2v) is 5.83. The van der Waals surface area contributed by atoms with Crippen molar-refractivity contribution < 1.29 is 5.11 Å². The van der Waals surface area contributed by atoms with Gasteiger partial charge in [0.15, 0.2) is 0 Å². The molecular weight excluding hydrogens is 254 g/mol. The predicted octanol–water partition coefficient (Wildman–Crippen LogP) is 3.71. The third-order valence-corrected chi connectivity index (χ3v) is 4.28. The Morgan fingerprint density at radius 2 is 1.74 bits per heavy atom. The molecule has 0 aromatic heterocycles. The van der Waals surface area contributed by atoms with Crippen molar-refractivity contribution in [2.24, 2.45) is 0 Å². The van der Waals surface area contributed by atoms with Crippen LogP contribution in [0.3, 0.4) is 0 Å². The highest BCUT2D eigenvalue weighted by molar-refractivity contribution is 7.99. The molecule has 0 aliphatic rings. The van der Waals surface area contributed by atoms with E-state index >= 15 is 0 Å². The average Bonchev–Trinajstić information content (AvgIpc) is 2.40. The molecule has 0 saturated heterocycles. The monoisotopic (exact) mass is 273 g/mol. The highest BCUT2D eigenvalue weighted by atomic mass is 32.2. The third kappa shape index (κ3) is 3.75. The second-order valence-electron chi connectivity index (χ2n) is 4.74. The molecule has 0 spiro atoms. The quantitative estimate of drug-likeness (QED) is 0.659. The van der Waals surface area contributed by atoms with Crippen LogP contribution in [0, 0.1) is 13.8 Å². The van der Waals surface area contributed by atoms with Gasteiger partial charge in [0.05, 0.1) is 6.10 Å². The first-order valence-corrected chi connectivity index (χ1v) is 7.28. The van der Waals surface area contributed by atoms with Crippen LogP contribution in [0.5, 0.6) is 0 Å². The van der Waals surface area contributed by atoms with E-state index in [-0.39, 0.29) is 0 Å². The second kappa shape index (κ2) is 6.13. The number of aliphatic hydroxyl groups excluding tert-OH is 1. The van der Waals surface area contributed by atoms with Crippen molar-refractivity contribution in [2.75, 3.05) is 11.5 Å². The van der Waals surface area contributed by atoms with E-state index in [4.69, 9.17) is 5.73 Å². The normalized spacial score (nSPS) is 12.4. The lowest BCUT2D eigenvalue weighted by Crippen LogP contribution is -2.00. The maximum absolute atomic E-state index is 10.1. The maximum Gasteiger partial charge on any atom is 0.0883 e. The number of nitrogens with two attached hydrogens (primary N) is 1. The molecular formula is C16H19NOS. The maximum atomic E-state index is 10.1. The van der Waals surface area contributed by atoms with E-state index in [0.29, 0.717) is 5.75 Å². The van der Waals surface area contributed by atoms with E-state index in [9.17, 15) is 5.11 Å². The van der Waals surface area contributed by atoms with Crippen molar-refractivity contribution in [3.8, 4) is 0 Å². The molecule has 1 atom stereocenters. The van der Waals surface area contributed by atoms with Crippen molar-refractivity contribution in [3.05, 3.63) is 59.2 Å². The van der Waals surface area contributed by atoms with Crippen LogP contribution in [0.1, 0.15) is 22.8 Å². The highest BCUT2D eigenvalue weighted by Gasteiger charge is 2.08. The molecule has 0 aliphatic carbocycles. The minimum atomic E-state index is -0.466. The fourth-order valence-electron chi connectivity index (χ4n) is 1.79. The van der Waals surface area contributed by atoms with Crippen molar-refractivity contribution in [1.82, 2.24) is 0 Å². The van der Waals surface area contributed by atoms with Gasteiger partial charge in [-0.05, 0) is 54.8 Å². The summed E-state index contributed by atoms with van der Waals surface area (Å²) in [4.78, 5) is 1.19. The Labute approximate surface area is 118 Å². The van der Waals surface area contributed by atoms with Crippen LogP contribution >= 0.6 is 11.8 Å².